The fourth-order valence-corrected chi connectivity index (χ4v) is 8.35. The van der Waals surface area contributed by atoms with E-state index in [4.69, 9.17) is 5.11 Å². The molecule has 23 heteroatoms. The van der Waals surface area contributed by atoms with Crippen LogP contribution in [0.4, 0.5) is 39.8 Å². The van der Waals surface area contributed by atoms with Crippen LogP contribution < -0.4 is 16.0 Å². The number of hydrogen-bond acceptors (Lipinski definition) is 12. The largest absolute Gasteiger partial charge is 0.406 e. The number of aliphatic hydroxyl groups is 3. The Labute approximate surface area is 475 Å². The van der Waals surface area contributed by atoms with Crippen LogP contribution in [0.25, 0.3) is 44.9 Å². The van der Waals surface area contributed by atoms with Crippen LogP contribution in [0.3, 0.4) is 0 Å². The van der Waals surface area contributed by atoms with E-state index in [0.29, 0.717) is 57.5 Å². The molecule has 0 aliphatic heterocycles. The number of fused-ring (bicyclic) bond motifs is 3. The lowest BCUT2D eigenvalue weighted by Gasteiger charge is -2.18. The monoisotopic (exact) mass is 1150 g/mol. The highest BCUT2D eigenvalue weighted by molar-refractivity contribution is 5.94. The summed E-state index contributed by atoms with van der Waals surface area (Å²) in [4.78, 5) is 63.4. The first-order valence-corrected chi connectivity index (χ1v) is 26.4. The number of nitrogens with zero attached hydrogens (tertiary/aromatic N) is 9. The van der Waals surface area contributed by atoms with E-state index in [-0.39, 0.29) is 75.9 Å². The van der Waals surface area contributed by atoms with E-state index in [1.807, 2.05) is 72.7 Å². The summed E-state index contributed by atoms with van der Waals surface area (Å²) < 4.78 is 69.7. The van der Waals surface area contributed by atoms with Crippen LogP contribution in [0, 0.1) is 29.4 Å². The summed E-state index contributed by atoms with van der Waals surface area (Å²) in [5.74, 6) is -1.20. The van der Waals surface area contributed by atoms with Crippen molar-refractivity contribution in [3.05, 3.63) is 149 Å². The minimum absolute atomic E-state index is 0.0371. The molecule has 0 saturated heterocycles. The Kier molecular flexibility index (Phi) is 18.3. The van der Waals surface area contributed by atoms with Gasteiger partial charge in [0.15, 0.2) is 16.9 Å². The Morgan fingerprint density at radius 2 is 0.892 bits per heavy atom. The summed E-state index contributed by atoms with van der Waals surface area (Å²) in [6.07, 6.45) is -3.86. The molecule has 438 valence electrons. The number of alkyl halides is 3. The SMILES string of the molecule is CC(C)(C)CC(=O)Nc1nc2ccc(C(C)(C)O)nc2n1-c1ccc(F)cc1.CC(C)(C)CC(=O)Nc1nc2ccc(CO)nc2n1CC(F)(F)F.Cc1ccc(CC(=O)Nc2nc3ccc(C(C)(C)O)nc3n2-c2ccc(F)cc2)cc1. The van der Waals surface area contributed by atoms with Crippen molar-refractivity contribution in [1.82, 2.24) is 43.6 Å². The van der Waals surface area contributed by atoms with Crippen molar-refractivity contribution < 1.29 is 51.7 Å². The standard InChI is InChI=1S/C24H23FN4O2.C21H25FN4O2.C15H19F3N4O2/c1-15-4-6-16(7-5-15)14-21(30)28-23-26-19-12-13-20(24(2,3)31)27-22(19)29(23)18-10-8-17(25)9-11-18;1-20(2,3)12-17(27)25-19-23-15-10-11-16(21(4,5)28)24-18(15)26(19)14-8-6-13(22)7-9-14;1-14(2,3)6-11(24)21-13-20-10-5-4-9(7-23)19-12(10)22(13)8-15(16,17)18/h4-13,31H,14H2,1-3H3,(H,26,28,30);6-11,28H,12H2,1-5H3,(H,23,25,27);4-5,23H,6-8H2,1-3H3,(H,20,21,24). The van der Waals surface area contributed by atoms with E-state index in [0.717, 1.165) is 15.7 Å². The van der Waals surface area contributed by atoms with Gasteiger partial charge < -0.3 is 15.3 Å². The zero-order valence-electron chi connectivity index (χ0n) is 47.9. The van der Waals surface area contributed by atoms with Crippen molar-refractivity contribution in [2.45, 2.75) is 126 Å². The molecule has 0 saturated carbocycles. The van der Waals surface area contributed by atoms with Crippen molar-refractivity contribution in [2.24, 2.45) is 10.8 Å². The molecule has 6 N–H and O–H groups in total. The third kappa shape index (κ3) is 16.8. The van der Waals surface area contributed by atoms with E-state index in [1.54, 1.807) is 85.4 Å². The molecule has 6 aromatic heterocycles. The summed E-state index contributed by atoms with van der Waals surface area (Å²) in [6.45, 7) is 18.3. The van der Waals surface area contributed by atoms with Gasteiger partial charge in [-0.05, 0) is 136 Å². The van der Waals surface area contributed by atoms with Gasteiger partial charge >= 0.3 is 6.18 Å². The minimum Gasteiger partial charge on any atom is -0.390 e. The number of amides is 3. The van der Waals surface area contributed by atoms with Crippen LogP contribution >= 0.6 is 0 Å². The molecule has 0 atom stereocenters. The summed E-state index contributed by atoms with van der Waals surface area (Å²) in [6, 6.07) is 29.2. The zero-order chi connectivity index (χ0) is 61.0. The van der Waals surface area contributed by atoms with Gasteiger partial charge in [0.1, 0.15) is 45.9 Å². The summed E-state index contributed by atoms with van der Waals surface area (Å²) in [7, 11) is 0. The minimum atomic E-state index is -4.51. The zero-order valence-corrected chi connectivity index (χ0v) is 47.9. The molecule has 0 aliphatic carbocycles. The molecule has 0 unspecified atom stereocenters. The lowest BCUT2D eigenvalue weighted by molar-refractivity contribution is -0.140. The predicted molar refractivity (Wildman–Crippen MR) is 307 cm³/mol. The van der Waals surface area contributed by atoms with Gasteiger partial charge in [0.25, 0.3) is 0 Å². The van der Waals surface area contributed by atoms with Crippen LogP contribution in [0.5, 0.6) is 0 Å². The average Bonchev–Trinajstić information content (AvgIpc) is 2.53. The predicted octanol–water partition coefficient (Wildman–Crippen LogP) is 11.3. The number of nitrogens with one attached hydrogen (secondary N) is 3. The number of imidazole rings is 3. The van der Waals surface area contributed by atoms with Gasteiger partial charge in [-0.25, -0.2) is 38.7 Å². The Morgan fingerprint density at radius 1 is 0.494 bits per heavy atom. The number of rotatable bonds is 13. The Balaban J connectivity index is 0.000000181. The molecule has 0 fully saturated rings. The van der Waals surface area contributed by atoms with Gasteiger partial charge in [0.2, 0.25) is 35.6 Å². The number of aromatic nitrogens is 9. The first kappa shape index (κ1) is 62.1. The maximum absolute atomic E-state index is 13.5. The van der Waals surface area contributed by atoms with Crippen molar-refractivity contribution in [2.75, 3.05) is 16.0 Å². The molecule has 6 heterocycles. The summed E-state index contributed by atoms with van der Waals surface area (Å²) >= 11 is 0. The van der Waals surface area contributed by atoms with Crippen LogP contribution in [-0.4, -0.2) is 82.8 Å². The van der Waals surface area contributed by atoms with Crippen molar-refractivity contribution in [3.63, 3.8) is 0 Å². The van der Waals surface area contributed by atoms with Crippen molar-refractivity contribution >= 4 is 69.1 Å². The quantitative estimate of drug-likeness (QED) is 0.0591. The Hall–Kier alpha value is -8.54. The molecular weight excluding hydrogens is 1080 g/mol. The molecule has 0 radical (unpaired) electrons. The summed E-state index contributed by atoms with van der Waals surface area (Å²) in [5.41, 5.74) is 3.78. The topological polar surface area (TPSA) is 240 Å². The molecule has 9 aromatic rings. The smallest absolute Gasteiger partial charge is 0.390 e. The molecule has 3 aromatic carbocycles. The van der Waals surface area contributed by atoms with Gasteiger partial charge in [0, 0.05) is 12.8 Å². The second kappa shape index (κ2) is 24.5. The van der Waals surface area contributed by atoms with Crippen LogP contribution in [0.2, 0.25) is 0 Å². The average molecular weight is 1150 g/mol. The number of carbonyl (C=O) groups excluding carboxylic acids is 3. The second-order valence-electron chi connectivity index (χ2n) is 23.4. The normalized spacial score (nSPS) is 12.2. The van der Waals surface area contributed by atoms with Gasteiger partial charge in [0.05, 0.1) is 41.5 Å². The van der Waals surface area contributed by atoms with Crippen molar-refractivity contribution in [1.29, 1.82) is 0 Å². The van der Waals surface area contributed by atoms with E-state index in [9.17, 15) is 46.5 Å². The molecule has 3 amide bonds. The fourth-order valence-electron chi connectivity index (χ4n) is 8.35. The number of aryl methyl sites for hydroxylation is 1. The first-order chi connectivity index (χ1) is 38.6. The third-order valence-electron chi connectivity index (χ3n) is 12.2. The van der Waals surface area contributed by atoms with E-state index in [2.05, 4.69) is 45.9 Å². The maximum atomic E-state index is 13.5. The van der Waals surface area contributed by atoms with Gasteiger partial charge in [-0.15, -0.1) is 0 Å². The first-order valence-electron chi connectivity index (χ1n) is 26.4. The van der Waals surface area contributed by atoms with Crippen LogP contribution in [-0.2, 0) is 45.2 Å². The van der Waals surface area contributed by atoms with Gasteiger partial charge in [-0.2, -0.15) is 13.2 Å². The molecule has 0 bridgehead atoms. The number of aliphatic hydroxyl groups excluding tert-OH is 1. The fraction of sp³-hybridized carbons (Fsp3) is 0.350. The van der Waals surface area contributed by atoms with Crippen LogP contribution in [0.15, 0.2) is 109 Å². The highest BCUT2D eigenvalue weighted by atomic mass is 19.4. The number of halogens is 5. The third-order valence-corrected chi connectivity index (χ3v) is 12.2. The lowest BCUT2D eigenvalue weighted by atomic mass is 9.92. The second-order valence-corrected chi connectivity index (χ2v) is 23.4. The molecule has 0 spiro atoms. The number of pyridine rings is 3. The lowest BCUT2D eigenvalue weighted by Crippen LogP contribution is -2.24. The highest BCUT2D eigenvalue weighted by Crippen LogP contribution is 2.31. The molecular formula is C60H67F5N12O6. The maximum Gasteiger partial charge on any atom is 0.406 e. The van der Waals surface area contributed by atoms with E-state index < -0.39 is 36.4 Å². The molecule has 9 rings (SSSR count). The Bertz CT molecular complexity index is 3770. The highest BCUT2D eigenvalue weighted by Gasteiger charge is 2.32. The van der Waals surface area contributed by atoms with Crippen molar-refractivity contribution in [3.8, 4) is 11.4 Å². The molecule has 18 nitrogen and oxygen atoms in total. The van der Waals surface area contributed by atoms with Gasteiger partial charge in [-0.3, -0.25) is 44.0 Å². The Morgan fingerprint density at radius 3 is 1.30 bits per heavy atom. The van der Waals surface area contributed by atoms with E-state index >= 15 is 0 Å². The number of hydrogen-bond donors (Lipinski definition) is 6. The number of carbonyl (C=O) groups is 3. The van der Waals surface area contributed by atoms with Gasteiger partial charge in [-0.1, -0.05) is 71.4 Å². The number of anilines is 3. The molecule has 83 heavy (non-hydrogen) atoms. The van der Waals surface area contributed by atoms with Crippen LogP contribution in [0.1, 0.15) is 110 Å². The molecule has 0 aliphatic rings. The number of benzene rings is 3. The summed E-state index contributed by atoms with van der Waals surface area (Å²) in [5, 5.41) is 37.9. The van der Waals surface area contributed by atoms with E-state index in [1.165, 1.54) is 36.4 Å².